The number of nitrogens with one attached hydrogen (secondary N) is 1. The van der Waals surface area contributed by atoms with Gasteiger partial charge in [0.25, 0.3) is 0 Å². The summed E-state index contributed by atoms with van der Waals surface area (Å²) in [5.41, 5.74) is 1.77. The third kappa shape index (κ3) is 2.80. The van der Waals surface area contributed by atoms with Crippen LogP contribution in [0, 0.1) is 11.3 Å². The second kappa shape index (κ2) is 5.75. The maximum atomic E-state index is 9.12. The lowest BCUT2D eigenvalue weighted by Gasteiger charge is -2.33. The normalized spacial score (nSPS) is 12.5. The standard InChI is InChI=1S/C17H19N3/c1-13(17(2,3)15-9-5-4-6-10-15)20-16-14(12-18)8-7-11-19-16/h4-11,13H,1-3H3,(H,19,20). The number of rotatable bonds is 4. The highest BCUT2D eigenvalue weighted by Crippen LogP contribution is 2.29. The Morgan fingerprint density at radius 2 is 1.85 bits per heavy atom. The number of nitriles is 1. The molecule has 0 aliphatic rings. The van der Waals surface area contributed by atoms with Crippen LogP contribution in [0.5, 0.6) is 0 Å². The molecule has 0 saturated carbocycles. The summed E-state index contributed by atoms with van der Waals surface area (Å²) in [5.74, 6) is 0.645. The van der Waals surface area contributed by atoms with Gasteiger partial charge in [0.1, 0.15) is 11.9 Å². The van der Waals surface area contributed by atoms with Crippen molar-refractivity contribution in [3.63, 3.8) is 0 Å². The smallest absolute Gasteiger partial charge is 0.144 e. The lowest BCUT2D eigenvalue weighted by atomic mass is 9.78. The predicted octanol–water partition coefficient (Wildman–Crippen LogP) is 3.73. The minimum atomic E-state index is -0.0640. The molecule has 1 aromatic heterocycles. The van der Waals surface area contributed by atoms with Gasteiger partial charge < -0.3 is 5.32 Å². The summed E-state index contributed by atoms with van der Waals surface area (Å²) in [4.78, 5) is 4.26. The fraction of sp³-hybridized carbons (Fsp3) is 0.294. The van der Waals surface area contributed by atoms with E-state index in [4.69, 9.17) is 5.26 Å². The van der Waals surface area contributed by atoms with Crippen LogP contribution in [-0.4, -0.2) is 11.0 Å². The molecule has 0 bridgehead atoms. The van der Waals surface area contributed by atoms with Crippen LogP contribution in [0.1, 0.15) is 31.9 Å². The Hall–Kier alpha value is -2.34. The molecule has 3 nitrogen and oxygen atoms in total. The van der Waals surface area contributed by atoms with E-state index in [1.807, 2.05) is 18.2 Å². The number of aromatic nitrogens is 1. The second-order valence-corrected chi connectivity index (χ2v) is 5.47. The van der Waals surface area contributed by atoms with Crippen molar-refractivity contribution in [2.45, 2.75) is 32.2 Å². The number of nitrogens with zero attached hydrogens (tertiary/aromatic N) is 2. The molecule has 20 heavy (non-hydrogen) atoms. The Balaban J connectivity index is 2.24. The first-order valence-corrected chi connectivity index (χ1v) is 6.73. The van der Waals surface area contributed by atoms with E-state index in [1.165, 1.54) is 5.56 Å². The van der Waals surface area contributed by atoms with E-state index < -0.39 is 0 Å². The SMILES string of the molecule is CC(Nc1ncccc1C#N)C(C)(C)c1ccccc1. The van der Waals surface area contributed by atoms with Crippen molar-refractivity contribution in [2.75, 3.05) is 5.32 Å². The Morgan fingerprint density at radius 3 is 2.50 bits per heavy atom. The van der Waals surface area contributed by atoms with Crippen LogP contribution in [0.15, 0.2) is 48.7 Å². The van der Waals surface area contributed by atoms with E-state index in [9.17, 15) is 0 Å². The van der Waals surface area contributed by atoms with Crippen LogP contribution in [-0.2, 0) is 5.41 Å². The van der Waals surface area contributed by atoms with Gasteiger partial charge in [-0.05, 0) is 24.6 Å². The molecule has 0 spiro atoms. The summed E-state index contributed by atoms with van der Waals surface area (Å²) in [7, 11) is 0. The first-order valence-electron chi connectivity index (χ1n) is 6.73. The van der Waals surface area contributed by atoms with Gasteiger partial charge in [-0.25, -0.2) is 4.98 Å². The van der Waals surface area contributed by atoms with Crippen LogP contribution in [0.3, 0.4) is 0 Å². The van der Waals surface area contributed by atoms with Crippen LogP contribution in [0.2, 0.25) is 0 Å². The fourth-order valence-electron chi connectivity index (χ4n) is 2.11. The zero-order valence-electron chi connectivity index (χ0n) is 12.1. The second-order valence-electron chi connectivity index (χ2n) is 5.47. The molecule has 102 valence electrons. The first-order chi connectivity index (χ1) is 9.55. The van der Waals surface area contributed by atoms with Crippen molar-refractivity contribution in [1.29, 1.82) is 5.26 Å². The molecular formula is C17H19N3. The van der Waals surface area contributed by atoms with Crippen molar-refractivity contribution in [3.8, 4) is 6.07 Å². The minimum Gasteiger partial charge on any atom is -0.366 e. The van der Waals surface area contributed by atoms with Crippen molar-refractivity contribution in [2.24, 2.45) is 0 Å². The quantitative estimate of drug-likeness (QED) is 0.916. The fourth-order valence-corrected chi connectivity index (χ4v) is 2.11. The molecule has 0 radical (unpaired) electrons. The van der Waals surface area contributed by atoms with E-state index in [0.717, 1.165) is 0 Å². The van der Waals surface area contributed by atoms with Crippen LogP contribution < -0.4 is 5.32 Å². The molecule has 2 aromatic rings. The molecule has 1 unspecified atom stereocenters. The van der Waals surface area contributed by atoms with Crippen molar-refractivity contribution >= 4 is 5.82 Å². The largest absolute Gasteiger partial charge is 0.366 e. The molecule has 0 aliphatic carbocycles. The average molecular weight is 265 g/mol. The number of anilines is 1. The van der Waals surface area contributed by atoms with E-state index in [1.54, 1.807) is 18.3 Å². The van der Waals surface area contributed by atoms with Crippen LogP contribution >= 0.6 is 0 Å². The van der Waals surface area contributed by atoms with Gasteiger partial charge in [0.2, 0.25) is 0 Å². The van der Waals surface area contributed by atoms with Crippen molar-refractivity contribution in [1.82, 2.24) is 4.98 Å². The molecule has 2 rings (SSSR count). The summed E-state index contributed by atoms with van der Waals surface area (Å²) in [6.45, 7) is 6.49. The third-order valence-corrected chi connectivity index (χ3v) is 3.88. The van der Waals surface area contributed by atoms with E-state index in [2.05, 4.69) is 49.3 Å². The number of hydrogen-bond donors (Lipinski definition) is 1. The van der Waals surface area contributed by atoms with Crippen molar-refractivity contribution < 1.29 is 0 Å². The molecule has 1 heterocycles. The van der Waals surface area contributed by atoms with E-state index in [0.29, 0.717) is 11.4 Å². The predicted molar refractivity (Wildman–Crippen MR) is 81.5 cm³/mol. The van der Waals surface area contributed by atoms with E-state index in [-0.39, 0.29) is 11.5 Å². The Morgan fingerprint density at radius 1 is 1.15 bits per heavy atom. The first kappa shape index (κ1) is 14.1. The molecule has 0 saturated heterocycles. The van der Waals surface area contributed by atoms with E-state index >= 15 is 0 Å². The molecular weight excluding hydrogens is 246 g/mol. The zero-order valence-corrected chi connectivity index (χ0v) is 12.1. The Bertz CT molecular complexity index is 612. The molecule has 0 aliphatic heterocycles. The maximum Gasteiger partial charge on any atom is 0.144 e. The van der Waals surface area contributed by atoms with Crippen LogP contribution in [0.25, 0.3) is 0 Å². The lowest BCUT2D eigenvalue weighted by Crippen LogP contribution is -2.37. The molecule has 0 fully saturated rings. The molecule has 1 aromatic carbocycles. The Kier molecular flexibility index (Phi) is 4.05. The summed E-state index contributed by atoms with van der Waals surface area (Å²) in [6, 6.07) is 16.2. The summed E-state index contributed by atoms with van der Waals surface area (Å²) >= 11 is 0. The topological polar surface area (TPSA) is 48.7 Å². The zero-order chi connectivity index (χ0) is 14.6. The van der Waals surface area contributed by atoms with Gasteiger partial charge in [0, 0.05) is 17.7 Å². The van der Waals surface area contributed by atoms with Gasteiger partial charge in [-0.3, -0.25) is 0 Å². The van der Waals surface area contributed by atoms with Gasteiger partial charge in [0.05, 0.1) is 5.56 Å². The highest BCUT2D eigenvalue weighted by atomic mass is 15.0. The number of benzene rings is 1. The highest BCUT2D eigenvalue weighted by Gasteiger charge is 2.28. The average Bonchev–Trinajstić information content (AvgIpc) is 2.48. The van der Waals surface area contributed by atoms with Gasteiger partial charge in [-0.2, -0.15) is 5.26 Å². The molecule has 3 heteroatoms. The van der Waals surface area contributed by atoms with Crippen LogP contribution in [0.4, 0.5) is 5.82 Å². The number of pyridine rings is 1. The monoisotopic (exact) mass is 265 g/mol. The molecule has 0 amide bonds. The maximum absolute atomic E-state index is 9.12. The summed E-state index contributed by atoms with van der Waals surface area (Å²) < 4.78 is 0. The molecule has 1 N–H and O–H groups in total. The summed E-state index contributed by atoms with van der Waals surface area (Å²) in [6.07, 6.45) is 1.70. The lowest BCUT2D eigenvalue weighted by molar-refractivity contribution is 0.457. The Labute approximate surface area is 120 Å². The van der Waals surface area contributed by atoms with Gasteiger partial charge in [0.15, 0.2) is 0 Å². The minimum absolute atomic E-state index is 0.0640. The summed E-state index contributed by atoms with van der Waals surface area (Å²) in [5, 5.41) is 12.5. The van der Waals surface area contributed by atoms with Gasteiger partial charge >= 0.3 is 0 Å². The molecule has 1 atom stereocenters. The highest BCUT2D eigenvalue weighted by molar-refractivity contribution is 5.52. The van der Waals surface area contributed by atoms with Crippen molar-refractivity contribution in [3.05, 3.63) is 59.8 Å². The van der Waals surface area contributed by atoms with Gasteiger partial charge in [-0.15, -0.1) is 0 Å². The third-order valence-electron chi connectivity index (χ3n) is 3.88. The number of hydrogen-bond acceptors (Lipinski definition) is 3. The van der Waals surface area contributed by atoms with Gasteiger partial charge in [-0.1, -0.05) is 44.2 Å².